The fourth-order valence-electron chi connectivity index (χ4n) is 1.45. The summed E-state index contributed by atoms with van der Waals surface area (Å²) in [6.45, 7) is 2.28. The first-order valence-corrected chi connectivity index (χ1v) is 6.28. The smallest absolute Gasteiger partial charge is 0.321 e. The summed E-state index contributed by atoms with van der Waals surface area (Å²) in [6.07, 6.45) is 0. The lowest BCUT2D eigenvalue weighted by Gasteiger charge is -2.07. The maximum Gasteiger partial charge on any atom is 0.321 e. The van der Waals surface area contributed by atoms with Crippen LogP contribution < -0.4 is 9.47 Å². The largest absolute Gasteiger partial charge is 0.495 e. The van der Waals surface area contributed by atoms with Gasteiger partial charge in [0.1, 0.15) is 5.75 Å². The summed E-state index contributed by atoms with van der Waals surface area (Å²) >= 11 is 11.8. The highest BCUT2D eigenvalue weighted by Crippen LogP contribution is 2.29. The fraction of sp³-hybridized carbons (Fsp3) is 0.250. The zero-order chi connectivity index (χ0) is 13.8. The van der Waals surface area contributed by atoms with Gasteiger partial charge in [-0.3, -0.25) is 0 Å². The van der Waals surface area contributed by atoms with Crippen LogP contribution in [-0.2, 0) is 0 Å². The van der Waals surface area contributed by atoms with Crippen molar-refractivity contribution in [3.8, 4) is 23.1 Å². The van der Waals surface area contributed by atoms with E-state index in [1.54, 1.807) is 18.2 Å². The van der Waals surface area contributed by atoms with E-state index in [4.69, 9.17) is 32.7 Å². The summed E-state index contributed by atoms with van der Waals surface area (Å²) in [7, 11) is 1.54. The van der Waals surface area contributed by atoms with Crippen molar-refractivity contribution in [3.63, 3.8) is 0 Å². The van der Waals surface area contributed by atoms with Gasteiger partial charge in [-0.05, 0) is 36.7 Å². The average molecular weight is 300 g/mol. The van der Waals surface area contributed by atoms with Gasteiger partial charge in [-0.15, -0.1) is 0 Å². The molecular formula is C12H11Cl2N3O2. The van der Waals surface area contributed by atoms with Crippen LogP contribution >= 0.6 is 23.2 Å². The van der Waals surface area contributed by atoms with E-state index in [2.05, 4.69) is 15.0 Å². The molecule has 19 heavy (non-hydrogen) atoms. The molecule has 0 saturated heterocycles. The topological polar surface area (TPSA) is 57.1 Å². The molecule has 0 unspecified atom stereocenters. The van der Waals surface area contributed by atoms with E-state index < -0.39 is 0 Å². The second-order valence-electron chi connectivity index (χ2n) is 3.49. The summed E-state index contributed by atoms with van der Waals surface area (Å²) in [5.41, 5.74) is 0.714. The van der Waals surface area contributed by atoms with Crippen LogP contribution in [0.5, 0.6) is 11.8 Å². The van der Waals surface area contributed by atoms with Crippen LogP contribution in [0.3, 0.4) is 0 Å². The number of aromatic nitrogens is 3. The Labute approximate surface area is 120 Å². The number of halogens is 2. The number of hydrogen-bond donors (Lipinski definition) is 0. The van der Waals surface area contributed by atoms with Gasteiger partial charge in [0, 0.05) is 5.56 Å². The molecule has 0 fully saturated rings. The molecule has 1 aromatic carbocycles. The van der Waals surface area contributed by atoms with E-state index in [0.717, 1.165) is 0 Å². The third-order valence-corrected chi connectivity index (χ3v) is 2.75. The lowest BCUT2D eigenvalue weighted by atomic mass is 10.2. The third-order valence-electron chi connectivity index (χ3n) is 2.27. The molecule has 0 spiro atoms. The number of hydrogen-bond acceptors (Lipinski definition) is 5. The van der Waals surface area contributed by atoms with Crippen molar-refractivity contribution in [2.75, 3.05) is 13.7 Å². The lowest BCUT2D eigenvalue weighted by molar-refractivity contribution is 0.312. The molecule has 2 aromatic rings. The first-order chi connectivity index (χ1) is 9.13. The predicted molar refractivity (Wildman–Crippen MR) is 73.0 cm³/mol. The molecule has 0 aliphatic heterocycles. The molecular weight excluding hydrogens is 289 g/mol. The van der Waals surface area contributed by atoms with Crippen LogP contribution in [0, 0.1) is 0 Å². The highest BCUT2D eigenvalue weighted by molar-refractivity contribution is 6.32. The molecule has 7 heteroatoms. The van der Waals surface area contributed by atoms with Crippen molar-refractivity contribution >= 4 is 23.2 Å². The molecule has 1 heterocycles. The van der Waals surface area contributed by atoms with Crippen LogP contribution in [-0.4, -0.2) is 28.7 Å². The zero-order valence-electron chi connectivity index (χ0n) is 10.4. The van der Waals surface area contributed by atoms with Gasteiger partial charge in [-0.2, -0.15) is 15.0 Å². The minimum atomic E-state index is 0.0716. The molecule has 5 nitrogen and oxygen atoms in total. The van der Waals surface area contributed by atoms with Gasteiger partial charge in [0.05, 0.1) is 18.7 Å². The highest BCUT2D eigenvalue weighted by atomic mass is 35.5. The average Bonchev–Trinajstić information content (AvgIpc) is 2.39. The van der Waals surface area contributed by atoms with Crippen LogP contribution in [0.25, 0.3) is 11.4 Å². The number of rotatable bonds is 4. The summed E-state index contributed by atoms with van der Waals surface area (Å²) in [6, 6.07) is 5.38. The Bertz CT molecular complexity index is 593. The van der Waals surface area contributed by atoms with E-state index in [1.807, 2.05) is 6.92 Å². The van der Waals surface area contributed by atoms with Gasteiger partial charge in [0.2, 0.25) is 5.28 Å². The Hall–Kier alpha value is -1.59. The second kappa shape index (κ2) is 6.04. The van der Waals surface area contributed by atoms with Crippen LogP contribution in [0.1, 0.15) is 6.92 Å². The van der Waals surface area contributed by atoms with Crippen LogP contribution in [0.15, 0.2) is 18.2 Å². The van der Waals surface area contributed by atoms with Crippen molar-refractivity contribution in [2.24, 2.45) is 0 Å². The molecule has 1 aromatic heterocycles. The predicted octanol–water partition coefficient (Wildman–Crippen LogP) is 3.25. The van der Waals surface area contributed by atoms with Crippen molar-refractivity contribution < 1.29 is 9.47 Å². The maximum atomic E-state index is 5.97. The monoisotopic (exact) mass is 299 g/mol. The molecule has 0 atom stereocenters. The molecule has 0 aliphatic carbocycles. The highest BCUT2D eigenvalue weighted by Gasteiger charge is 2.10. The van der Waals surface area contributed by atoms with Crippen molar-refractivity contribution in [1.82, 2.24) is 15.0 Å². The third kappa shape index (κ3) is 3.24. The van der Waals surface area contributed by atoms with E-state index >= 15 is 0 Å². The van der Waals surface area contributed by atoms with E-state index in [0.29, 0.717) is 28.8 Å². The van der Waals surface area contributed by atoms with E-state index in [9.17, 15) is 0 Å². The molecule has 2 rings (SSSR count). The number of methoxy groups -OCH3 is 1. The number of nitrogens with zero attached hydrogens (tertiary/aromatic N) is 3. The Morgan fingerprint density at radius 2 is 1.95 bits per heavy atom. The molecule has 100 valence electrons. The van der Waals surface area contributed by atoms with Gasteiger partial charge >= 0.3 is 6.01 Å². The van der Waals surface area contributed by atoms with Gasteiger partial charge in [-0.25, -0.2) is 0 Å². The minimum absolute atomic E-state index is 0.0716. The first-order valence-electron chi connectivity index (χ1n) is 5.52. The number of benzene rings is 1. The Morgan fingerprint density at radius 3 is 2.63 bits per heavy atom. The molecule has 0 N–H and O–H groups in total. The van der Waals surface area contributed by atoms with Crippen LogP contribution in [0.4, 0.5) is 0 Å². The number of ether oxygens (including phenoxy) is 2. The Kier molecular flexibility index (Phi) is 4.39. The Morgan fingerprint density at radius 1 is 1.16 bits per heavy atom. The SMILES string of the molecule is CCOc1nc(Cl)nc(-c2ccc(Cl)c(OC)c2)n1. The zero-order valence-corrected chi connectivity index (χ0v) is 11.9. The summed E-state index contributed by atoms with van der Waals surface area (Å²) < 4.78 is 10.4. The summed E-state index contributed by atoms with van der Waals surface area (Å²) in [4.78, 5) is 12.1. The molecule has 0 radical (unpaired) electrons. The Balaban J connectivity index is 2.46. The van der Waals surface area contributed by atoms with Crippen molar-refractivity contribution in [2.45, 2.75) is 6.92 Å². The maximum absolute atomic E-state index is 5.97. The summed E-state index contributed by atoms with van der Waals surface area (Å²) in [5.74, 6) is 0.937. The molecule has 0 bridgehead atoms. The lowest BCUT2D eigenvalue weighted by Crippen LogP contribution is -2.01. The van der Waals surface area contributed by atoms with Gasteiger partial charge in [-0.1, -0.05) is 11.6 Å². The molecule has 0 amide bonds. The molecule has 0 saturated carbocycles. The first kappa shape index (κ1) is 13.8. The second-order valence-corrected chi connectivity index (χ2v) is 4.24. The minimum Gasteiger partial charge on any atom is -0.495 e. The normalized spacial score (nSPS) is 10.3. The van der Waals surface area contributed by atoms with E-state index in [-0.39, 0.29) is 11.3 Å². The van der Waals surface area contributed by atoms with Crippen molar-refractivity contribution in [1.29, 1.82) is 0 Å². The standard InChI is InChI=1S/C12H11Cl2N3O2/c1-3-19-12-16-10(15-11(14)17-12)7-4-5-8(13)9(6-7)18-2/h4-6H,3H2,1-2H3. The van der Waals surface area contributed by atoms with Gasteiger partial charge in [0.25, 0.3) is 0 Å². The quantitative estimate of drug-likeness (QED) is 0.867. The fourth-order valence-corrected chi connectivity index (χ4v) is 1.80. The summed E-state index contributed by atoms with van der Waals surface area (Å²) in [5, 5.41) is 0.582. The van der Waals surface area contributed by atoms with Gasteiger partial charge < -0.3 is 9.47 Å². The molecule has 0 aliphatic rings. The van der Waals surface area contributed by atoms with Crippen LogP contribution in [0.2, 0.25) is 10.3 Å². The van der Waals surface area contributed by atoms with E-state index in [1.165, 1.54) is 7.11 Å². The van der Waals surface area contributed by atoms with Crippen molar-refractivity contribution in [3.05, 3.63) is 28.5 Å². The van der Waals surface area contributed by atoms with Gasteiger partial charge in [0.15, 0.2) is 5.82 Å².